The van der Waals surface area contributed by atoms with Gasteiger partial charge in [-0.25, -0.2) is 8.78 Å². The van der Waals surface area contributed by atoms with Crippen LogP contribution in [-0.2, 0) is 6.18 Å². The Morgan fingerprint density at radius 1 is 1.40 bits per heavy atom. The molecule has 2 N–H and O–H groups in total. The fourth-order valence-corrected chi connectivity index (χ4v) is 1.74. The molecule has 1 saturated heterocycles. The predicted molar refractivity (Wildman–Crippen MR) is 58.3 cm³/mol. The van der Waals surface area contributed by atoms with Gasteiger partial charge >= 0.3 is 6.18 Å². The molecule has 110 valence electrons. The van der Waals surface area contributed by atoms with Crippen LogP contribution < -0.4 is 10.6 Å². The van der Waals surface area contributed by atoms with Crippen LogP contribution in [0.1, 0.15) is 16.1 Å². The van der Waals surface area contributed by atoms with Crippen LogP contribution in [0.25, 0.3) is 0 Å². The third-order valence-corrected chi connectivity index (χ3v) is 2.85. The number of hydrogen-bond donors (Lipinski definition) is 2. The molecule has 0 aromatic carbocycles. The molecule has 4 nitrogen and oxygen atoms in total. The van der Waals surface area contributed by atoms with Crippen molar-refractivity contribution in [2.45, 2.75) is 18.1 Å². The lowest BCUT2D eigenvalue weighted by atomic mass is 10.2. The van der Waals surface area contributed by atoms with E-state index in [9.17, 15) is 26.7 Å². The normalized spacial score (nSPS) is 21.8. The molecule has 1 unspecified atom stereocenters. The zero-order valence-electron chi connectivity index (χ0n) is 9.97. The number of aromatic nitrogens is 1. The quantitative estimate of drug-likeness (QED) is 0.812. The average Bonchev–Trinajstić information content (AvgIpc) is 2.68. The molecule has 1 amide bonds. The molecule has 0 saturated carbocycles. The van der Waals surface area contributed by atoms with E-state index in [0.717, 1.165) is 6.07 Å². The Kier molecular flexibility index (Phi) is 3.63. The number of nitrogens with zero attached hydrogens (tertiary/aromatic N) is 1. The van der Waals surface area contributed by atoms with Gasteiger partial charge in [0.15, 0.2) is 0 Å². The number of amides is 1. The van der Waals surface area contributed by atoms with Crippen molar-refractivity contribution < 1.29 is 26.7 Å². The van der Waals surface area contributed by atoms with E-state index in [2.05, 4.69) is 10.3 Å². The van der Waals surface area contributed by atoms with Crippen LogP contribution in [0.5, 0.6) is 0 Å². The number of alkyl halides is 5. The smallest absolute Gasteiger partial charge is 0.341 e. The fourth-order valence-electron chi connectivity index (χ4n) is 1.74. The zero-order chi connectivity index (χ0) is 15.0. The molecule has 9 heteroatoms. The Labute approximate surface area is 110 Å². The van der Waals surface area contributed by atoms with Crippen molar-refractivity contribution in [3.63, 3.8) is 0 Å². The van der Waals surface area contributed by atoms with Crippen LogP contribution in [0, 0.1) is 0 Å². The second-order valence-corrected chi connectivity index (χ2v) is 4.35. The van der Waals surface area contributed by atoms with Crippen molar-refractivity contribution in [3.8, 4) is 0 Å². The molecule has 0 radical (unpaired) electrons. The van der Waals surface area contributed by atoms with E-state index in [1.54, 1.807) is 0 Å². The summed E-state index contributed by atoms with van der Waals surface area (Å²) in [7, 11) is 0. The molecule has 0 spiro atoms. The van der Waals surface area contributed by atoms with E-state index < -0.39 is 36.2 Å². The summed E-state index contributed by atoms with van der Waals surface area (Å²) >= 11 is 0. The maximum absolute atomic E-state index is 13.3. The first-order valence-electron chi connectivity index (χ1n) is 5.63. The highest BCUT2D eigenvalue weighted by molar-refractivity contribution is 5.92. The zero-order valence-corrected chi connectivity index (χ0v) is 9.97. The molecule has 1 fully saturated rings. The first-order valence-corrected chi connectivity index (χ1v) is 5.63. The third-order valence-electron chi connectivity index (χ3n) is 2.85. The topological polar surface area (TPSA) is 54.0 Å². The minimum atomic E-state index is -4.57. The van der Waals surface area contributed by atoms with Gasteiger partial charge in [0.2, 0.25) is 0 Å². The highest BCUT2D eigenvalue weighted by Gasteiger charge is 2.45. The maximum atomic E-state index is 13.3. The van der Waals surface area contributed by atoms with Gasteiger partial charge in [0.1, 0.15) is 11.7 Å². The second-order valence-electron chi connectivity index (χ2n) is 4.35. The van der Waals surface area contributed by atoms with Crippen LogP contribution in [-0.4, -0.2) is 35.9 Å². The number of nitrogens with one attached hydrogen (secondary N) is 2. The van der Waals surface area contributed by atoms with Crippen molar-refractivity contribution in [1.29, 1.82) is 0 Å². The SMILES string of the molecule is O=C(NC1CNCC1(F)F)c1ccc(C(F)(F)F)cn1. The minimum Gasteiger partial charge on any atom is -0.341 e. The van der Waals surface area contributed by atoms with E-state index in [4.69, 9.17) is 0 Å². The van der Waals surface area contributed by atoms with Crippen LogP contribution in [0.4, 0.5) is 22.0 Å². The minimum absolute atomic E-state index is 0.112. The Morgan fingerprint density at radius 3 is 2.55 bits per heavy atom. The molecule has 1 aromatic heterocycles. The molecule has 1 aliphatic heterocycles. The first-order chi connectivity index (χ1) is 9.20. The molecule has 2 heterocycles. The van der Waals surface area contributed by atoms with Gasteiger partial charge in [-0.15, -0.1) is 0 Å². The van der Waals surface area contributed by atoms with E-state index in [1.165, 1.54) is 0 Å². The van der Waals surface area contributed by atoms with Gasteiger partial charge in [-0.05, 0) is 12.1 Å². The van der Waals surface area contributed by atoms with Gasteiger partial charge in [0, 0.05) is 12.7 Å². The Morgan fingerprint density at radius 2 is 2.10 bits per heavy atom. The number of carbonyl (C=O) groups is 1. The molecule has 0 bridgehead atoms. The van der Waals surface area contributed by atoms with Gasteiger partial charge in [0.05, 0.1) is 12.1 Å². The molecular formula is C11H10F5N3O. The van der Waals surface area contributed by atoms with Gasteiger partial charge in [-0.1, -0.05) is 0 Å². The van der Waals surface area contributed by atoms with Gasteiger partial charge in [0.25, 0.3) is 11.8 Å². The van der Waals surface area contributed by atoms with Crippen molar-refractivity contribution in [2.24, 2.45) is 0 Å². The standard InChI is InChI=1S/C11H10F5N3O/c12-10(13)5-17-4-8(10)19-9(20)7-2-1-6(3-18-7)11(14,15)16/h1-3,8,17H,4-5H2,(H,19,20). The summed E-state index contributed by atoms with van der Waals surface area (Å²) in [5.41, 5.74) is -1.36. The van der Waals surface area contributed by atoms with E-state index in [-0.39, 0.29) is 12.2 Å². The molecular weight excluding hydrogens is 285 g/mol. The molecule has 0 aliphatic carbocycles. The van der Waals surface area contributed by atoms with Gasteiger partial charge < -0.3 is 10.6 Å². The third kappa shape index (κ3) is 3.03. The number of halogens is 5. The number of rotatable bonds is 2. The van der Waals surface area contributed by atoms with Crippen molar-refractivity contribution >= 4 is 5.91 Å². The number of carbonyl (C=O) groups excluding carboxylic acids is 1. The van der Waals surface area contributed by atoms with E-state index in [0.29, 0.717) is 12.3 Å². The number of pyridine rings is 1. The fraction of sp³-hybridized carbons (Fsp3) is 0.455. The van der Waals surface area contributed by atoms with Crippen molar-refractivity contribution in [1.82, 2.24) is 15.6 Å². The second kappa shape index (κ2) is 4.97. The monoisotopic (exact) mass is 295 g/mol. The summed E-state index contributed by atoms with van der Waals surface area (Å²) in [6, 6.07) is 0.116. The van der Waals surface area contributed by atoms with Crippen LogP contribution in [0.3, 0.4) is 0 Å². The van der Waals surface area contributed by atoms with Crippen LogP contribution >= 0.6 is 0 Å². The highest BCUT2D eigenvalue weighted by Crippen LogP contribution is 2.28. The molecule has 1 atom stereocenters. The first kappa shape index (κ1) is 14.6. The average molecular weight is 295 g/mol. The summed E-state index contributed by atoms with van der Waals surface area (Å²) in [5, 5.41) is 4.46. The molecule has 20 heavy (non-hydrogen) atoms. The summed E-state index contributed by atoms with van der Waals surface area (Å²) in [5.74, 6) is -4.03. The van der Waals surface area contributed by atoms with Crippen LogP contribution in [0.15, 0.2) is 18.3 Å². The van der Waals surface area contributed by atoms with E-state index in [1.807, 2.05) is 5.32 Å². The lowest BCUT2D eigenvalue weighted by molar-refractivity contribution is -0.137. The largest absolute Gasteiger partial charge is 0.417 e. The Hall–Kier alpha value is -1.77. The highest BCUT2D eigenvalue weighted by atomic mass is 19.4. The van der Waals surface area contributed by atoms with Gasteiger partial charge in [-0.3, -0.25) is 9.78 Å². The summed E-state index contributed by atoms with van der Waals surface area (Å²) < 4.78 is 63.4. The lowest BCUT2D eigenvalue weighted by Crippen LogP contribution is -2.46. The molecule has 1 aromatic rings. The number of hydrogen-bond acceptors (Lipinski definition) is 3. The van der Waals surface area contributed by atoms with E-state index >= 15 is 0 Å². The van der Waals surface area contributed by atoms with Gasteiger partial charge in [-0.2, -0.15) is 13.2 Å². The summed E-state index contributed by atoms with van der Waals surface area (Å²) in [6.45, 7) is -0.669. The Bertz CT molecular complexity index is 500. The summed E-state index contributed by atoms with van der Waals surface area (Å²) in [6.07, 6.45) is -4.08. The molecule has 1 aliphatic rings. The van der Waals surface area contributed by atoms with Crippen molar-refractivity contribution in [3.05, 3.63) is 29.6 Å². The summed E-state index contributed by atoms with van der Waals surface area (Å²) in [4.78, 5) is 15.0. The Balaban J connectivity index is 2.07. The van der Waals surface area contributed by atoms with Crippen LogP contribution in [0.2, 0.25) is 0 Å². The molecule has 2 rings (SSSR count). The lowest BCUT2D eigenvalue weighted by Gasteiger charge is -2.18. The maximum Gasteiger partial charge on any atom is 0.417 e. The predicted octanol–water partition coefficient (Wildman–Crippen LogP) is 1.44. The van der Waals surface area contributed by atoms with Crippen molar-refractivity contribution in [2.75, 3.05) is 13.1 Å².